The Labute approximate surface area is 124 Å². The number of carbonyl (C=O) groups is 1. The van der Waals surface area contributed by atoms with Gasteiger partial charge in [-0.25, -0.2) is 13.2 Å². The van der Waals surface area contributed by atoms with E-state index in [1.54, 1.807) is 13.8 Å². The normalized spacial score (nSPS) is 19.9. The van der Waals surface area contributed by atoms with Crippen molar-refractivity contribution in [2.24, 2.45) is 0 Å². The molecular weight excluding hydrogens is 294 g/mol. The Morgan fingerprint density at radius 2 is 2.05 bits per heavy atom. The van der Waals surface area contributed by atoms with E-state index in [9.17, 15) is 18.3 Å². The molecule has 6 nitrogen and oxygen atoms in total. The number of sulfonamides is 1. The zero-order valence-corrected chi connectivity index (χ0v) is 12.9. The van der Waals surface area contributed by atoms with Crippen molar-refractivity contribution in [3.63, 3.8) is 0 Å². The summed E-state index contributed by atoms with van der Waals surface area (Å²) in [4.78, 5) is 11.2. The van der Waals surface area contributed by atoms with Crippen LogP contribution in [-0.2, 0) is 10.0 Å². The van der Waals surface area contributed by atoms with Crippen LogP contribution in [0, 0.1) is 13.8 Å². The van der Waals surface area contributed by atoms with Gasteiger partial charge in [0.05, 0.1) is 17.1 Å². The summed E-state index contributed by atoms with van der Waals surface area (Å²) in [5, 5.41) is 18.4. The topological polar surface area (TPSA) is 94.9 Å². The summed E-state index contributed by atoms with van der Waals surface area (Å²) in [6, 6.07) is 2.24. The maximum Gasteiger partial charge on any atom is 0.335 e. The van der Waals surface area contributed by atoms with Crippen LogP contribution in [-0.4, -0.2) is 48.1 Å². The first-order chi connectivity index (χ1) is 9.78. The number of carboxylic acids is 1. The molecule has 1 aliphatic rings. The quantitative estimate of drug-likeness (QED) is 0.869. The monoisotopic (exact) mass is 313 g/mol. The van der Waals surface area contributed by atoms with Crippen LogP contribution in [0.2, 0.25) is 0 Å². The molecule has 2 rings (SSSR count). The first kappa shape index (κ1) is 15.9. The van der Waals surface area contributed by atoms with Crippen LogP contribution in [0.1, 0.15) is 34.3 Å². The minimum absolute atomic E-state index is 0.0141. The van der Waals surface area contributed by atoms with Gasteiger partial charge >= 0.3 is 5.97 Å². The van der Waals surface area contributed by atoms with E-state index in [2.05, 4.69) is 0 Å². The fraction of sp³-hybridized carbons (Fsp3) is 0.500. The number of aliphatic hydroxyl groups is 1. The standard InChI is InChI=1S/C14H19NO5S/c1-9-6-11(14(17)18)7-13(10(9)2)21(19,20)15-5-3-4-12(15)8-16/h6-7,12,16H,3-5,8H2,1-2H3,(H,17,18). The predicted octanol–water partition coefficient (Wildman–Crippen LogP) is 1.15. The predicted molar refractivity (Wildman–Crippen MR) is 76.9 cm³/mol. The second-order valence-electron chi connectivity index (χ2n) is 5.32. The molecule has 1 fully saturated rings. The molecule has 1 unspecified atom stereocenters. The summed E-state index contributed by atoms with van der Waals surface area (Å²) >= 11 is 0. The van der Waals surface area contributed by atoms with Crippen LogP contribution in [0.5, 0.6) is 0 Å². The lowest BCUT2D eigenvalue weighted by molar-refractivity contribution is 0.0696. The molecule has 0 amide bonds. The van der Waals surface area contributed by atoms with Crippen LogP contribution in [0.4, 0.5) is 0 Å². The first-order valence-corrected chi connectivity index (χ1v) is 8.20. The number of aromatic carboxylic acids is 1. The van der Waals surface area contributed by atoms with Crippen molar-refractivity contribution >= 4 is 16.0 Å². The number of nitrogens with zero attached hydrogens (tertiary/aromatic N) is 1. The third-order valence-electron chi connectivity index (χ3n) is 3.99. The summed E-state index contributed by atoms with van der Waals surface area (Å²) < 4.78 is 26.8. The average molecular weight is 313 g/mol. The van der Waals surface area contributed by atoms with E-state index in [1.807, 2.05) is 0 Å². The number of hydrogen-bond acceptors (Lipinski definition) is 4. The molecule has 7 heteroatoms. The van der Waals surface area contributed by atoms with Gasteiger partial charge in [-0.2, -0.15) is 4.31 Å². The molecule has 1 aromatic carbocycles. The van der Waals surface area contributed by atoms with E-state index in [0.717, 1.165) is 0 Å². The molecule has 0 aliphatic carbocycles. The van der Waals surface area contributed by atoms with E-state index < -0.39 is 22.0 Å². The van der Waals surface area contributed by atoms with Crippen molar-refractivity contribution in [2.45, 2.75) is 37.6 Å². The summed E-state index contributed by atoms with van der Waals surface area (Å²) in [5.41, 5.74) is 1.12. The van der Waals surface area contributed by atoms with E-state index in [0.29, 0.717) is 30.5 Å². The van der Waals surface area contributed by atoms with Crippen LogP contribution in [0.3, 0.4) is 0 Å². The number of hydrogen-bond donors (Lipinski definition) is 2. The maximum atomic E-state index is 12.8. The number of aryl methyl sites for hydroxylation is 1. The summed E-state index contributed by atoms with van der Waals surface area (Å²) in [6.45, 7) is 3.48. The molecule has 0 radical (unpaired) electrons. The molecule has 116 valence electrons. The van der Waals surface area contributed by atoms with Gasteiger partial charge in [-0.05, 0) is 49.9 Å². The highest BCUT2D eigenvalue weighted by Crippen LogP contribution is 2.29. The fourth-order valence-corrected chi connectivity index (χ4v) is 4.66. The molecule has 0 saturated carbocycles. The summed E-state index contributed by atoms with van der Waals surface area (Å²) in [5.74, 6) is -1.16. The van der Waals surface area contributed by atoms with E-state index in [4.69, 9.17) is 5.11 Å². The molecule has 21 heavy (non-hydrogen) atoms. The van der Waals surface area contributed by atoms with E-state index >= 15 is 0 Å². The van der Waals surface area contributed by atoms with E-state index in [1.165, 1.54) is 16.4 Å². The second kappa shape index (κ2) is 5.75. The zero-order chi connectivity index (χ0) is 15.8. The molecule has 0 spiro atoms. The first-order valence-electron chi connectivity index (χ1n) is 6.76. The third-order valence-corrected chi connectivity index (χ3v) is 6.07. The minimum atomic E-state index is -3.80. The largest absolute Gasteiger partial charge is 0.478 e. The Bertz CT molecular complexity index is 668. The fourth-order valence-electron chi connectivity index (χ4n) is 2.65. The Morgan fingerprint density at radius 1 is 1.38 bits per heavy atom. The lowest BCUT2D eigenvalue weighted by Gasteiger charge is -2.24. The van der Waals surface area contributed by atoms with Gasteiger partial charge in [0.15, 0.2) is 0 Å². The van der Waals surface area contributed by atoms with Gasteiger partial charge in [-0.3, -0.25) is 0 Å². The van der Waals surface area contributed by atoms with Gasteiger partial charge in [-0.15, -0.1) is 0 Å². The van der Waals surface area contributed by atoms with Gasteiger partial charge in [-0.1, -0.05) is 0 Å². The minimum Gasteiger partial charge on any atom is -0.478 e. The van der Waals surface area contributed by atoms with Crippen molar-refractivity contribution in [3.8, 4) is 0 Å². The molecule has 0 aromatic heterocycles. The number of benzene rings is 1. The second-order valence-corrected chi connectivity index (χ2v) is 7.17. The van der Waals surface area contributed by atoms with Crippen molar-refractivity contribution in [3.05, 3.63) is 28.8 Å². The number of aliphatic hydroxyl groups excluding tert-OH is 1. The highest BCUT2D eigenvalue weighted by molar-refractivity contribution is 7.89. The van der Waals surface area contributed by atoms with Crippen molar-refractivity contribution < 1.29 is 23.4 Å². The highest BCUT2D eigenvalue weighted by Gasteiger charge is 2.36. The van der Waals surface area contributed by atoms with Crippen molar-refractivity contribution in [1.29, 1.82) is 0 Å². The zero-order valence-electron chi connectivity index (χ0n) is 12.0. The maximum absolute atomic E-state index is 12.8. The van der Waals surface area contributed by atoms with Crippen LogP contribution in [0.25, 0.3) is 0 Å². The average Bonchev–Trinajstić information content (AvgIpc) is 2.90. The Kier molecular flexibility index (Phi) is 4.36. The van der Waals surface area contributed by atoms with Crippen LogP contribution in [0.15, 0.2) is 17.0 Å². The smallest absolute Gasteiger partial charge is 0.335 e. The number of rotatable bonds is 4. The summed E-state index contributed by atoms with van der Waals surface area (Å²) in [7, 11) is -3.80. The summed E-state index contributed by atoms with van der Waals surface area (Å²) in [6.07, 6.45) is 1.31. The van der Waals surface area contributed by atoms with Gasteiger partial charge < -0.3 is 10.2 Å². The molecule has 1 aromatic rings. The van der Waals surface area contributed by atoms with Crippen LogP contribution >= 0.6 is 0 Å². The third kappa shape index (κ3) is 2.81. The SMILES string of the molecule is Cc1cc(C(=O)O)cc(S(=O)(=O)N2CCCC2CO)c1C. The van der Waals surface area contributed by atoms with Crippen LogP contribution < -0.4 is 0 Å². The molecule has 1 atom stereocenters. The van der Waals surface area contributed by atoms with Gasteiger partial charge in [0, 0.05) is 12.6 Å². The lowest BCUT2D eigenvalue weighted by Crippen LogP contribution is -2.38. The molecular formula is C14H19NO5S. The van der Waals surface area contributed by atoms with Gasteiger partial charge in [0.2, 0.25) is 10.0 Å². The molecule has 1 heterocycles. The molecule has 1 aliphatic heterocycles. The van der Waals surface area contributed by atoms with Gasteiger partial charge in [0.1, 0.15) is 0 Å². The van der Waals surface area contributed by atoms with E-state index in [-0.39, 0.29) is 17.1 Å². The van der Waals surface area contributed by atoms with Crippen molar-refractivity contribution in [2.75, 3.05) is 13.2 Å². The molecule has 1 saturated heterocycles. The van der Waals surface area contributed by atoms with Gasteiger partial charge in [0.25, 0.3) is 0 Å². The number of carboxylic acid groups (broad SMARTS) is 1. The lowest BCUT2D eigenvalue weighted by atomic mass is 10.1. The molecule has 0 bridgehead atoms. The Balaban J connectivity index is 2.56. The Morgan fingerprint density at radius 3 is 2.62 bits per heavy atom. The highest BCUT2D eigenvalue weighted by atomic mass is 32.2. The van der Waals surface area contributed by atoms with Crippen molar-refractivity contribution in [1.82, 2.24) is 4.31 Å². The Hall–Kier alpha value is -1.44. The molecule has 2 N–H and O–H groups in total.